The largest absolute Gasteiger partial charge is 0.416 e. The van der Waals surface area contributed by atoms with Gasteiger partial charge in [-0.15, -0.1) is 0 Å². The molecular formula is C23H22F3N3O. The third-order valence-corrected chi connectivity index (χ3v) is 5.16. The highest BCUT2D eigenvalue weighted by molar-refractivity contribution is 5.33. The second-order valence-corrected chi connectivity index (χ2v) is 7.34. The van der Waals surface area contributed by atoms with Gasteiger partial charge in [0.25, 0.3) is 0 Å². The Hall–Kier alpha value is -2.77. The molecule has 1 aromatic carbocycles. The summed E-state index contributed by atoms with van der Waals surface area (Å²) in [6.07, 6.45) is -0.919. The number of ether oxygens (including phenoxy) is 1. The Bertz CT molecular complexity index is 979. The number of halogens is 3. The van der Waals surface area contributed by atoms with Crippen LogP contribution in [0.15, 0.2) is 67.0 Å². The molecule has 4 nitrogen and oxygen atoms in total. The van der Waals surface area contributed by atoms with Crippen LogP contribution in [-0.4, -0.2) is 34.6 Å². The first-order valence-electron chi connectivity index (χ1n) is 9.83. The van der Waals surface area contributed by atoms with Crippen LogP contribution in [0.25, 0.3) is 0 Å². The zero-order valence-electron chi connectivity index (χ0n) is 16.3. The summed E-state index contributed by atoms with van der Waals surface area (Å²) >= 11 is 0. The van der Waals surface area contributed by atoms with Crippen molar-refractivity contribution in [3.63, 3.8) is 0 Å². The number of alkyl halides is 3. The molecule has 3 heterocycles. The lowest BCUT2D eigenvalue weighted by atomic mass is 10.0. The van der Waals surface area contributed by atoms with E-state index in [-0.39, 0.29) is 18.1 Å². The third-order valence-electron chi connectivity index (χ3n) is 5.16. The summed E-state index contributed by atoms with van der Waals surface area (Å²) in [7, 11) is 0. The van der Waals surface area contributed by atoms with Crippen molar-refractivity contribution in [2.24, 2.45) is 0 Å². The van der Waals surface area contributed by atoms with Gasteiger partial charge in [-0.3, -0.25) is 14.9 Å². The molecule has 1 aliphatic heterocycles. The Kier molecular flexibility index (Phi) is 6.11. The molecule has 0 N–H and O–H groups in total. The lowest BCUT2D eigenvalue weighted by Gasteiger charge is -2.32. The van der Waals surface area contributed by atoms with Crippen LogP contribution < -0.4 is 0 Å². The first-order chi connectivity index (χ1) is 14.5. The highest BCUT2D eigenvalue weighted by Crippen LogP contribution is 2.33. The smallest absolute Gasteiger partial charge is 0.369 e. The maximum absolute atomic E-state index is 13.3. The molecule has 0 amide bonds. The molecular weight excluding hydrogens is 391 g/mol. The average Bonchev–Trinajstić information content (AvgIpc) is 2.75. The van der Waals surface area contributed by atoms with E-state index >= 15 is 0 Å². The normalized spacial score (nSPS) is 17.8. The molecule has 0 saturated carbocycles. The minimum Gasteiger partial charge on any atom is -0.369 e. The van der Waals surface area contributed by atoms with Gasteiger partial charge in [0.15, 0.2) is 0 Å². The molecule has 4 rings (SSSR count). The summed E-state index contributed by atoms with van der Waals surface area (Å²) < 4.78 is 45.8. The van der Waals surface area contributed by atoms with Crippen molar-refractivity contribution < 1.29 is 17.9 Å². The zero-order chi connectivity index (χ0) is 21.0. The zero-order valence-corrected chi connectivity index (χ0v) is 16.3. The van der Waals surface area contributed by atoms with Crippen molar-refractivity contribution in [2.45, 2.75) is 25.2 Å². The van der Waals surface area contributed by atoms with Crippen LogP contribution >= 0.6 is 0 Å². The Balaban J connectivity index is 1.48. The van der Waals surface area contributed by atoms with E-state index < -0.39 is 11.7 Å². The summed E-state index contributed by atoms with van der Waals surface area (Å²) in [5.74, 6) is 0. The monoisotopic (exact) mass is 413 g/mol. The Morgan fingerprint density at radius 1 is 1.00 bits per heavy atom. The van der Waals surface area contributed by atoms with E-state index in [0.717, 1.165) is 24.8 Å². The summed E-state index contributed by atoms with van der Waals surface area (Å²) in [6.45, 7) is 2.87. The van der Waals surface area contributed by atoms with Gasteiger partial charge in [-0.25, -0.2) is 0 Å². The summed E-state index contributed by atoms with van der Waals surface area (Å²) in [6, 6.07) is 15.1. The minimum absolute atomic E-state index is 0.122. The molecule has 0 unspecified atom stereocenters. The maximum atomic E-state index is 13.3. The van der Waals surface area contributed by atoms with Gasteiger partial charge < -0.3 is 4.74 Å². The highest BCUT2D eigenvalue weighted by atomic mass is 19.4. The van der Waals surface area contributed by atoms with Gasteiger partial charge in [-0.2, -0.15) is 13.2 Å². The van der Waals surface area contributed by atoms with E-state index in [2.05, 4.69) is 14.9 Å². The number of hydrogen-bond donors (Lipinski definition) is 0. The lowest BCUT2D eigenvalue weighted by molar-refractivity contribution is -0.138. The van der Waals surface area contributed by atoms with Crippen molar-refractivity contribution in [3.8, 4) is 0 Å². The van der Waals surface area contributed by atoms with Gasteiger partial charge in [0.1, 0.15) is 6.10 Å². The van der Waals surface area contributed by atoms with E-state index in [1.165, 1.54) is 17.7 Å². The van der Waals surface area contributed by atoms with Gasteiger partial charge >= 0.3 is 6.18 Å². The van der Waals surface area contributed by atoms with E-state index in [9.17, 15) is 13.2 Å². The molecule has 0 bridgehead atoms. The fraction of sp³-hybridized carbons (Fsp3) is 0.304. The maximum Gasteiger partial charge on any atom is 0.416 e. The van der Waals surface area contributed by atoms with Gasteiger partial charge in [-0.05, 0) is 41.5 Å². The second-order valence-electron chi connectivity index (χ2n) is 7.34. The van der Waals surface area contributed by atoms with Crippen molar-refractivity contribution in [2.75, 3.05) is 19.7 Å². The van der Waals surface area contributed by atoms with Crippen molar-refractivity contribution in [1.29, 1.82) is 0 Å². The number of hydrogen-bond acceptors (Lipinski definition) is 4. The number of benzene rings is 1. The first-order valence-corrected chi connectivity index (χ1v) is 9.83. The third kappa shape index (κ3) is 5.04. The molecule has 1 saturated heterocycles. The van der Waals surface area contributed by atoms with Crippen molar-refractivity contribution >= 4 is 0 Å². The van der Waals surface area contributed by atoms with Crippen LogP contribution in [0.1, 0.15) is 34.2 Å². The molecule has 30 heavy (non-hydrogen) atoms. The number of pyridine rings is 2. The van der Waals surface area contributed by atoms with E-state index in [1.54, 1.807) is 24.5 Å². The van der Waals surface area contributed by atoms with E-state index in [1.807, 2.05) is 24.3 Å². The standard InChI is InChI=1S/C23H22F3N3O/c24-23(25,26)20-6-2-1-4-18(20)14-19-5-3-7-21(28-19)22-16-29(12-13-30-22)15-17-8-10-27-11-9-17/h1-11,22H,12-16H2/t22-/m1/s1. The van der Waals surface area contributed by atoms with Crippen LogP contribution in [-0.2, 0) is 23.9 Å². The summed E-state index contributed by atoms with van der Waals surface area (Å²) in [5.41, 5.74) is 2.12. The van der Waals surface area contributed by atoms with Crippen LogP contribution in [0.2, 0.25) is 0 Å². The van der Waals surface area contributed by atoms with E-state index in [0.29, 0.717) is 18.8 Å². The van der Waals surface area contributed by atoms with Crippen molar-refractivity contribution in [1.82, 2.24) is 14.9 Å². The Morgan fingerprint density at radius 3 is 2.60 bits per heavy atom. The molecule has 0 spiro atoms. The van der Waals surface area contributed by atoms with Gasteiger partial charge in [-0.1, -0.05) is 24.3 Å². The fourth-order valence-electron chi connectivity index (χ4n) is 3.69. The number of morpholine rings is 1. The molecule has 0 aliphatic carbocycles. The quantitative estimate of drug-likeness (QED) is 0.610. The number of aromatic nitrogens is 2. The fourth-order valence-corrected chi connectivity index (χ4v) is 3.69. The number of rotatable bonds is 5. The minimum atomic E-state index is -4.38. The molecule has 7 heteroatoms. The molecule has 1 atom stereocenters. The lowest BCUT2D eigenvalue weighted by Crippen LogP contribution is -2.38. The number of nitrogens with zero attached hydrogens (tertiary/aromatic N) is 3. The Morgan fingerprint density at radius 2 is 1.80 bits per heavy atom. The van der Waals surface area contributed by atoms with Crippen LogP contribution in [0.4, 0.5) is 13.2 Å². The predicted molar refractivity (Wildman–Crippen MR) is 107 cm³/mol. The highest BCUT2D eigenvalue weighted by Gasteiger charge is 2.33. The molecule has 2 aromatic heterocycles. The SMILES string of the molecule is FC(F)(F)c1ccccc1Cc1cccc([C@H]2CN(Cc3ccncc3)CCO2)n1. The van der Waals surface area contributed by atoms with Gasteiger partial charge in [0, 0.05) is 44.1 Å². The van der Waals surface area contributed by atoms with Crippen molar-refractivity contribution in [3.05, 3.63) is 95.1 Å². The Labute approximate surface area is 173 Å². The van der Waals surface area contributed by atoms with Crippen LogP contribution in [0.3, 0.4) is 0 Å². The second kappa shape index (κ2) is 8.93. The molecule has 1 aliphatic rings. The molecule has 156 valence electrons. The average molecular weight is 413 g/mol. The topological polar surface area (TPSA) is 38.2 Å². The van der Waals surface area contributed by atoms with Gasteiger partial charge in [0.05, 0.1) is 17.9 Å². The van der Waals surface area contributed by atoms with Crippen LogP contribution in [0.5, 0.6) is 0 Å². The molecule has 0 radical (unpaired) electrons. The summed E-state index contributed by atoms with van der Waals surface area (Å²) in [5, 5.41) is 0. The summed E-state index contributed by atoms with van der Waals surface area (Å²) in [4.78, 5) is 11.0. The van der Waals surface area contributed by atoms with E-state index in [4.69, 9.17) is 4.74 Å². The van der Waals surface area contributed by atoms with Crippen LogP contribution in [0, 0.1) is 0 Å². The predicted octanol–water partition coefficient (Wildman–Crippen LogP) is 4.66. The molecule has 3 aromatic rings. The van der Waals surface area contributed by atoms with Gasteiger partial charge in [0.2, 0.25) is 0 Å². The first kappa shape index (κ1) is 20.5. The molecule has 1 fully saturated rings.